The molecular formula is C18H19FN6O2S2. The van der Waals surface area contributed by atoms with Gasteiger partial charge in [-0.25, -0.2) is 9.37 Å². The molecule has 0 spiro atoms. The van der Waals surface area contributed by atoms with Crippen molar-refractivity contribution < 1.29 is 14.0 Å². The van der Waals surface area contributed by atoms with Crippen LogP contribution in [0.2, 0.25) is 0 Å². The lowest BCUT2D eigenvalue weighted by molar-refractivity contribution is -0.113. The molecule has 0 aliphatic carbocycles. The lowest BCUT2D eigenvalue weighted by Crippen LogP contribution is -2.29. The van der Waals surface area contributed by atoms with E-state index in [2.05, 4.69) is 25.8 Å². The molecule has 0 saturated heterocycles. The van der Waals surface area contributed by atoms with Gasteiger partial charge >= 0.3 is 0 Å². The van der Waals surface area contributed by atoms with Crippen LogP contribution in [-0.4, -0.2) is 37.3 Å². The molecule has 2 amide bonds. The Labute approximate surface area is 174 Å². The molecule has 11 heteroatoms. The fourth-order valence-corrected chi connectivity index (χ4v) is 3.93. The van der Waals surface area contributed by atoms with Crippen LogP contribution in [0.15, 0.2) is 41.0 Å². The number of halogens is 1. The summed E-state index contributed by atoms with van der Waals surface area (Å²) in [6.07, 6.45) is 1.62. The fourth-order valence-electron chi connectivity index (χ4n) is 2.58. The summed E-state index contributed by atoms with van der Waals surface area (Å²) in [5, 5.41) is 16.6. The molecule has 0 unspecified atom stereocenters. The van der Waals surface area contributed by atoms with Crippen LogP contribution < -0.4 is 10.6 Å². The van der Waals surface area contributed by atoms with Crippen molar-refractivity contribution >= 4 is 40.0 Å². The molecule has 0 aliphatic heterocycles. The number of nitrogens with zero attached hydrogens (tertiary/aromatic N) is 4. The standard InChI is InChI=1S/C18H19FN6O2S2/c1-3-25-15(11(2)21-16(27)12-6-4-5-7-13(12)19)23-24-18(25)29-10-14(26)22-17-20-8-9-28-17/h4-9,11H,3,10H2,1-2H3,(H,21,27)(H,20,22,26)/t11-/m0/s1. The van der Waals surface area contributed by atoms with Crippen LogP contribution in [0.3, 0.4) is 0 Å². The molecular weight excluding hydrogens is 415 g/mol. The normalized spacial score (nSPS) is 11.8. The first kappa shape index (κ1) is 20.9. The van der Waals surface area contributed by atoms with Gasteiger partial charge in [0.05, 0.1) is 17.4 Å². The Kier molecular flexibility index (Phi) is 6.94. The highest BCUT2D eigenvalue weighted by atomic mass is 32.2. The molecule has 2 N–H and O–H groups in total. The number of carbonyl (C=O) groups is 2. The summed E-state index contributed by atoms with van der Waals surface area (Å²) in [6, 6.07) is 5.29. The first-order chi connectivity index (χ1) is 14.0. The van der Waals surface area contributed by atoms with Gasteiger partial charge in [-0.2, -0.15) is 0 Å². The van der Waals surface area contributed by atoms with Gasteiger partial charge in [0.1, 0.15) is 5.82 Å². The summed E-state index contributed by atoms with van der Waals surface area (Å²) in [4.78, 5) is 28.4. The fraction of sp³-hybridized carbons (Fsp3) is 0.278. The maximum absolute atomic E-state index is 13.8. The molecule has 0 bridgehead atoms. The number of benzene rings is 1. The zero-order valence-electron chi connectivity index (χ0n) is 15.8. The van der Waals surface area contributed by atoms with E-state index in [9.17, 15) is 14.0 Å². The molecule has 0 aliphatic rings. The molecule has 1 atom stereocenters. The van der Waals surface area contributed by atoms with E-state index in [1.54, 1.807) is 24.6 Å². The second-order valence-electron chi connectivity index (χ2n) is 5.93. The SMILES string of the molecule is CCn1c(SCC(=O)Nc2nccs2)nnc1[C@H](C)NC(=O)c1ccccc1F. The molecule has 0 radical (unpaired) electrons. The Balaban J connectivity index is 1.64. The minimum atomic E-state index is -0.586. The third-order valence-electron chi connectivity index (χ3n) is 3.93. The van der Waals surface area contributed by atoms with E-state index >= 15 is 0 Å². The molecule has 1 aromatic carbocycles. The topological polar surface area (TPSA) is 102 Å². The Morgan fingerprint density at radius 1 is 1.31 bits per heavy atom. The first-order valence-corrected chi connectivity index (χ1v) is 10.7. The van der Waals surface area contributed by atoms with Gasteiger partial charge < -0.3 is 15.2 Å². The van der Waals surface area contributed by atoms with E-state index < -0.39 is 17.8 Å². The van der Waals surface area contributed by atoms with Gasteiger partial charge in [0.25, 0.3) is 5.91 Å². The van der Waals surface area contributed by atoms with Crippen molar-refractivity contribution in [2.75, 3.05) is 11.1 Å². The highest BCUT2D eigenvalue weighted by Crippen LogP contribution is 2.21. The molecule has 3 aromatic rings. The zero-order valence-corrected chi connectivity index (χ0v) is 17.4. The highest BCUT2D eigenvalue weighted by Gasteiger charge is 2.21. The average molecular weight is 435 g/mol. The monoisotopic (exact) mass is 434 g/mol. The van der Waals surface area contributed by atoms with Gasteiger partial charge in [0.15, 0.2) is 16.1 Å². The number of aromatic nitrogens is 4. The molecule has 2 aromatic heterocycles. The van der Waals surface area contributed by atoms with Crippen molar-refractivity contribution in [2.45, 2.75) is 31.6 Å². The van der Waals surface area contributed by atoms with Crippen LogP contribution in [0.4, 0.5) is 9.52 Å². The average Bonchev–Trinajstić information content (AvgIpc) is 3.35. The summed E-state index contributed by atoms with van der Waals surface area (Å²) < 4.78 is 15.6. The Hall–Kier alpha value is -2.79. The molecule has 0 fully saturated rings. The third-order valence-corrected chi connectivity index (χ3v) is 5.58. The van der Waals surface area contributed by atoms with Crippen molar-refractivity contribution in [3.63, 3.8) is 0 Å². The van der Waals surface area contributed by atoms with Gasteiger partial charge in [-0.05, 0) is 26.0 Å². The van der Waals surface area contributed by atoms with Crippen molar-refractivity contribution in [2.24, 2.45) is 0 Å². The first-order valence-electron chi connectivity index (χ1n) is 8.80. The molecule has 0 saturated carbocycles. The number of thiazole rings is 1. The van der Waals surface area contributed by atoms with E-state index in [4.69, 9.17) is 0 Å². The predicted octanol–water partition coefficient (Wildman–Crippen LogP) is 3.12. The quantitative estimate of drug-likeness (QED) is 0.528. The maximum atomic E-state index is 13.8. The minimum Gasteiger partial charge on any atom is -0.342 e. The Morgan fingerprint density at radius 3 is 2.79 bits per heavy atom. The van der Waals surface area contributed by atoms with Crippen LogP contribution in [-0.2, 0) is 11.3 Å². The van der Waals surface area contributed by atoms with Gasteiger partial charge in [0, 0.05) is 18.1 Å². The van der Waals surface area contributed by atoms with Crippen LogP contribution in [0.25, 0.3) is 0 Å². The number of hydrogen-bond donors (Lipinski definition) is 2. The minimum absolute atomic E-state index is 0.0321. The second-order valence-corrected chi connectivity index (χ2v) is 7.77. The van der Waals surface area contributed by atoms with E-state index in [0.717, 1.165) is 0 Å². The lowest BCUT2D eigenvalue weighted by atomic mass is 10.2. The number of amides is 2. The van der Waals surface area contributed by atoms with Crippen LogP contribution in [0.1, 0.15) is 36.1 Å². The molecule has 29 heavy (non-hydrogen) atoms. The van der Waals surface area contributed by atoms with Crippen LogP contribution in [0, 0.1) is 5.82 Å². The van der Waals surface area contributed by atoms with Gasteiger partial charge in [0.2, 0.25) is 5.91 Å². The number of anilines is 1. The molecule has 8 nitrogen and oxygen atoms in total. The zero-order chi connectivity index (χ0) is 20.8. The molecule has 152 valence electrons. The largest absolute Gasteiger partial charge is 0.342 e. The highest BCUT2D eigenvalue weighted by molar-refractivity contribution is 7.99. The van der Waals surface area contributed by atoms with Crippen molar-refractivity contribution in [3.8, 4) is 0 Å². The second kappa shape index (κ2) is 9.61. The predicted molar refractivity (Wildman–Crippen MR) is 109 cm³/mol. The summed E-state index contributed by atoms with van der Waals surface area (Å²) in [5.41, 5.74) is -0.0321. The third kappa shape index (κ3) is 5.18. The summed E-state index contributed by atoms with van der Waals surface area (Å²) in [7, 11) is 0. The van der Waals surface area contributed by atoms with Crippen LogP contribution >= 0.6 is 23.1 Å². The van der Waals surface area contributed by atoms with Crippen molar-refractivity contribution in [1.29, 1.82) is 0 Å². The van der Waals surface area contributed by atoms with Gasteiger partial charge in [-0.15, -0.1) is 21.5 Å². The summed E-state index contributed by atoms with van der Waals surface area (Å²) in [5.74, 6) is -0.638. The number of carbonyl (C=O) groups excluding carboxylic acids is 2. The van der Waals surface area contributed by atoms with Crippen molar-refractivity contribution in [1.82, 2.24) is 25.1 Å². The summed E-state index contributed by atoms with van der Waals surface area (Å²) >= 11 is 2.58. The molecule has 3 rings (SSSR count). The van der Waals surface area contributed by atoms with Gasteiger partial charge in [-0.3, -0.25) is 9.59 Å². The van der Waals surface area contributed by atoms with Crippen LogP contribution in [0.5, 0.6) is 0 Å². The number of rotatable bonds is 8. The number of nitrogens with one attached hydrogen (secondary N) is 2. The number of thioether (sulfide) groups is 1. The van der Waals surface area contributed by atoms with E-state index in [0.29, 0.717) is 22.7 Å². The van der Waals surface area contributed by atoms with E-state index in [-0.39, 0.29) is 17.2 Å². The van der Waals surface area contributed by atoms with Gasteiger partial charge in [-0.1, -0.05) is 23.9 Å². The Bertz CT molecular complexity index is 992. The van der Waals surface area contributed by atoms with E-state index in [1.165, 1.54) is 41.3 Å². The van der Waals surface area contributed by atoms with E-state index in [1.807, 2.05) is 11.5 Å². The number of hydrogen-bond acceptors (Lipinski definition) is 7. The maximum Gasteiger partial charge on any atom is 0.254 e. The smallest absolute Gasteiger partial charge is 0.254 e. The lowest BCUT2D eigenvalue weighted by Gasteiger charge is -2.15. The van der Waals surface area contributed by atoms with Crippen molar-refractivity contribution in [3.05, 3.63) is 53.0 Å². The summed E-state index contributed by atoms with van der Waals surface area (Å²) in [6.45, 7) is 4.22. The Morgan fingerprint density at radius 2 is 2.10 bits per heavy atom. The molecule has 2 heterocycles.